The molecule has 2 rings (SSSR count). The van der Waals surface area contributed by atoms with Crippen LogP contribution in [0.1, 0.15) is 0 Å². The van der Waals surface area contributed by atoms with Crippen LogP contribution in [0.5, 0.6) is 0 Å². The lowest BCUT2D eigenvalue weighted by Gasteiger charge is -2.00. The van der Waals surface area contributed by atoms with E-state index in [1.807, 2.05) is 31.3 Å². The molecule has 72 valence electrons. The predicted molar refractivity (Wildman–Crippen MR) is 56.5 cm³/mol. The average Bonchev–Trinajstić information content (AvgIpc) is 2.72. The molecule has 0 aliphatic carbocycles. The second-order valence-corrected chi connectivity index (χ2v) is 3.73. The molecule has 0 aliphatic heterocycles. The minimum atomic E-state index is 0.808. The van der Waals surface area contributed by atoms with Crippen molar-refractivity contribution in [3.05, 3.63) is 30.6 Å². The van der Waals surface area contributed by atoms with Gasteiger partial charge in [-0.05, 0) is 24.3 Å². The van der Waals surface area contributed by atoms with Crippen molar-refractivity contribution in [2.45, 2.75) is 10.1 Å². The largest absolute Gasteiger partial charge is 0.388 e. The smallest absolute Gasteiger partial charge is 0.188 e. The van der Waals surface area contributed by atoms with Crippen LogP contribution in [0.25, 0.3) is 0 Å². The summed E-state index contributed by atoms with van der Waals surface area (Å²) < 4.78 is 0. The molecule has 0 unspecified atom stereocenters. The summed E-state index contributed by atoms with van der Waals surface area (Å²) in [6.45, 7) is 0. The molecule has 1 heterocycles. The highest BCUT2D eigenvalue weighted by molar-refractivity contribution is 7.99. The number of aromatic amines is 1. The van der Waals surface area contributed by atoms with Gasteiger partial charge >= 0.3 is 0 Å². The fourth-order valence-corrected chi connectivity index (χ4v) is 1.74. The summed E-state index contributed by atoms with van der Waals surface area (Å²) in [5, 5.41) is 10.5. The Morgan fingerprint density at radius 2 is 2.07 bits per heavy atom. The van der Waals surface area contributed by atoms with Gasteiger partial charge in [0.2, 0.25) is 0 Å². The molecule has 0 bridgehead atoms. The molecule has 0 aliphatic rings. The number of H-pyrrole nitrogens is 1. The maximum absolute atomic E-state index is 4.03. The zero-order valence-corrected chi connectivity index (χ0v) is 8.51. The summed E-state index contributed by atoms with van der Waals surface area (Å²) in [5.41, 5.74) is 1.10. The molecule has 0 spiro atoms. The van der Waals surface area contributed by atoms with Gasteiger partial charge in [-0.1, -0.05) is 11.8 Å². The highest BCUT2D eigenvalue weighted by Gasteiger charge is 1.98. The van der Waals surface area contributed by atoms with E-state index >= 15 is 0 Å². The van der Waals surface area contributed by atoms with Gasteiger partial charge in [0.1, 0.15) is 6.33 Å². The summed E-state index contributed by atoms with van der Waals surface area (Å²) >= 11 is 1.56. The quantitative estimate of drug-likeness (QED) is 0.806. The summed E-state index contributed by atoms with van der Waals surface area (Å²) in [4.78, 5) is 5.17. The van der Waals surface area contributed by atoms with Gasteiger partial charge < -0.3 is 5.32 Å². The molecule has 1 aromatic carbocycles. The van der Waals surface area contributed by atoms with Crippen LogP contribution in [-0.2, 0) is 0 Å². The number of aromatic nitrogens is 3. The van der Waals surface area contributed by atoms with Crippen LogP contribution >= 0.6 is 11.8 Å². The number of hydrogen-bond acceptors (Lipinski definition) is 4. The van der Waals surface area contributed by atoms with Gasteiger partial charge in [-0.15, -0.1) is 0 Å². The minimum Gasteiger partial charge on any atom is -0.388 e. The molecule has 14 heavy (non-hydrogen) atoms. The Morgan fingerprint density at radius 1 is 1.29 bits per heavy atom. The molecule has 1 aromatic heterocycles. The number of anilines is 1. The predicted octanol–water partition coefficient (Wildman–Crippen LogP) is 2.00. The Hall–Kier alpha value is -1.49. The number of nitrogens with zero attached hydrogens (tertiary/aromatic N) is 2. The van der Waals surface area contributed by atoms with Crippen LogP contribution < -0.4 is 5.32 Å². The van der Waals surface area contributed by atoms with Crippen molar-refractivity contribution in [3.8, 4) is 0 Å². The topological polar surface area (TPSA) is 53.6 Å². The normalized spacial score (nSPS) is 10.1. The van der Waals surface area contributed by atoms with E-state index in [-0.39, 0.29) is 0 Å². The van der Waals surface area contributed by atoms with E-state index in [9.17, 15) is 0 Å². The van der Waals surface area contributed by atoms with Crippen molar-refractivity contribution in [1.82, 2.24) is 15.2 Å². The second kappa shape index (κ2) is 4.15. The molecule has 0 fully saturated rings. The van der Waals surface area contributed by atoms with E-state index in [0.717, 1.165) is 15.7 Å². The van der Waals surface area contributed by atoms with E-state index in [4.69, 9.17) is 0 Å². The van der Waals surface area contributed by atoms with E-state index < -0.39 is 0 Å². The lowest BCUT2D eigenvalue weighted by molar-refractivity contribution is 0.973. The Kier molecular flexibility index (Phi) is 2.69. The van der Waals surface area contributed by atoms with Crippen LogP contribution in [0.4, 0.5) is 5.69 Å². The number of nitrogens with one attached hydrogen (secondary N) is 2. The first-order chi connectivity index (χ1) is 6.88. The van der Waals surface area contributed by atoms with Crippen molar-refractivity contribution in [3.63, 3.8) is 0 Å². The first-order valence-electron chi connectivity index (χ1n) is 4.19. The van der Waals surface area contributed by atoms with Crippen LogP contribution in [0.3, 0.4) is 0 Å². The molecular weight excluding hydrogens is 196 g/mol. The van der Waals surface area contributed by atoms with Crippen molar-refractivity contribution in [2.24, 2.45) is 0 Å². The molecule has 2 aromatic rings. The van der Waals surface area contributed by atoms with E-state index in [2.05, 4.69) is 20.5 Å². The Morgan fingerprint density at radius 3 is 2.64 bits per heavy atom. The molecule has 0 radical (unpaired) electrons. The lowest BCUT2D eigenvalue weighted by Crippen LogP contribution is -1.86. The Bertz CT molecular complexity index is 382. The van der Waals surface area contributed by atoms with Crippen LogP contribution in [-0.4, -0.2) is 22.2 Å². The summed E-state index contributed by atoms with van der Waals surface area (Å²) in [6, 6.07) is 8.13. The monoisotopic (exact) mass is 206 g/mol. The average molecular weight is 206 g/mol. The van der Waals surface area contributed by atoms with E-state index in [1.165, 1.54) is 6.33 Å². The lowest BCUT2D eigenvalue weighted by atomic mass is 10.3. The molecule has 0 atom stereocenters. The summed E-state index contributed by atoms with van der Waals surface area (Å²) in [6.07, 6.45) is 1.50. The molecule has 0 saturated heterocycles. The van der Waals surface area contributed by atoms with Crippen LogP contribution in [0.15, 0.2) is 40.6 Å². The first kappa shape index (κ1) is 9.08. The Labute approximate surface area is 86.1 Å². The first-order valence-corrected chi connectivity index (χ1v) is 5.01. The third-order valence-electron chi connectivity index (χ3n) is 1.75. The van der Waals surface area contributed by atoms with E-state index in [0.29, 0.717) is 0 Å². The summed E-state index contributed by atoms with van der Waals surface area (Å²) in [5.74, 6) is 0. The zero-order chi connectivity index (χ0) is 9.80. The highest BCUT2D eigenvalue weighted by atomic mass is 32.2. The van der Waals surface area contributed by atoms with Crippen LogP contribution in [0, 0.1) is 0 Å². The fourth-order valence-electron chi connectivity index (χ4n) is 1.04. The van der Waals surface area contributed by atoms with Gasteiger partial charge in [0.15, 0.2) is 5.16 Å². The molecule has 5 heteroatoms. The maximum atomic E-state index is 4.03. The van der Waals surface area contributed by atoms with Crippen LogP contribution in [0.2, 0.25) is 0 Å². The second-order valence-electron chi connectivity index (χ2n) is 2.67. The standard InChI is InChI=1S/C9H10N4S/c1-10-7-2-4-8(5-3-7)14-9-11-6-12-13-9/h2-6,10H,1H3,(H,11,12,13). The molecule has 0 amide bonds. The number of rotatable bonds is 3. The van der Waals surface area contributed by atoms with Gasteiger partial charge in [-0.25, -0.2) is 4.98 Å². The van der Waals surface area contributed by atoms with Crippen molar-refractivity contribution < 1.29 is 0 Å². The molecule has 2 N–H and O–H groups in total. The number of benzene rings is 1. The van der Waals surface area contributed by atoms with Gasteiger partial charge in [-0.2, -0.15) is 5.10 Å². The SMILES string of the molecule is CNc1ccc(Sc2ncn[nH]2)cc1. The van der Waals surface area contributed by atoms with E-state index in [1.54, 1.807) is 11.8 Å². The van der Waals surface area contributed by atoms with Crippen molar-refractivity contribution in [2.75, 3.05) is 12.4 Å². The number of hydrogen-bond donors (Lipinski definition) is 2. The zero-order valence-electron chi connectivity index (χ0n) is 7.69. The third-order valence-corrected chi connectivity index (χ3v) is 2.65. The van der Waals surface area contributed by atoms with Crippen molar-refractivity contribution in [1.29, 1.82) is 0 Å². The van der Waals surface area contributed by atoms with Crippen molar-refractivity contribution >= 4 is 17.4 Å². The molecule has 4 nitrogen and oxygen atoms in total. The Balaban J connectivity index is 2.10. The molecular formula is C9H10N4S. The van der Waals surface area contributed by atoms with Gasteiger partial charge in [-0.3, -0.25) is 5.10 Å². The summed E-state index contributed by atoms with van der Waals surface area (Å²) in [7, 11) is 1.90. The fraction of sp³-hybridized carbons (Fsp3) is 0.111. The highest BCUT2D eigenvalue weighted by Crippen LogP contribution is 2.24. The third kappa shape index (κ3) is 2.05. The minimum absolute atomic E-state index is 0.808. The van der Waals surface area contributed by atoms with Gasteiger partial charge in [0.25, 0.3) is 0 Å². The van der Waals surface area contributed by atoms with Gasteiger partial charge in [0.05, 0.1) is 0 Å². The molecule has 0 saturated carbocycles. The maximum Gasteiger partial charge on any atom is 0.188 e. The van der Waals surface area contributed by atoms with Gasteiger partial charge in [0, 0.05) is 17.6 Å².